The molecule has 1 fully saturated rings. The van der Waals surface area contributed by atoms with Gasteiger partial charge in [0.25, 0.3) is 0 Å². The average molecular weight is 251 g/mol. The van der Waals surface area contributed by atoms with E-state index >= 15 is 0 Å². The van der Waals surface area contributed by atoms with Gasteiger partial charge in [0.2, 0.25) is 5.91 Å². The van der Waals surface area contributed by atoms with Gasteiger partial charge in [-0.1, -0.05) is 0 Å². The van der Waals surface area contributed by atoms with Gasteiger partial charge in [-0.2, -0.15) is 0 Å². The van der Waals surface area contributed by atoms with Crippen molar-refractivity contribution < 1.29 is 9.53 Å². The molecule has 1 atom stereocenters. The lowest BCUT2D eigenvalue weighted by atomic mass is 9.99. The Morgan fingerprint density at radius 2 is 2.50 bits per heavy atom. The van der Waals surface area contributed by atoms with E-state index in [4.69, 9.17) is 4.74 Å². The van der Waals surface area contributed by atoms with Gasteiger partial charge in [0.1, 0.15) is 0 Å². The molecule has 1 aliphatic rings. The van der Waals surface area contributed by atoms with Crippen LogP contribution in [-0.2, 0) is 16.1 Å². The molecular weight excluding hydrogens is 230 g/mol. The summed E-state index contributed by atoms with van der Waals surface area (Å²) >= 11 is 0. The van der Waals surface area contributed by atoms with E-state index in [2.05, 4.69) is 10.3 Å². The molecule has 5 heteroatoms. The second-order valence-electron chi connectivity index (χ2n) is 4.77. The summed E-state index contributed by atoms with van der Waals surface area (Å²) in [6, 6.07) is 0. The number of amides is 1. The van der Waals surface area contributed by atoms with Crippen LogP contribution in [0, 0.1) is 5.92 Å². The maximum absolute atomic E-state index is 11.6. The van der Waals surface area contributed by atoms with E-state index in [0.717, 1.165) is 32.6 Å². The molecule has 2 heterocycles. The van der Waals surface area contributed by atoms with Crippen molar-refractivity contribution in [1.29, 1.82) is 0 Å². The fraction of sp³-hybridized carbons (Fsp3) is 0.692. The van der Waals surface area contributed by atoms with Crippen LogP contribution >= 0.6 is 0 Å². The second-order valence-corrected chi connectivity index (χ2v) is 4.77. The Bertz CT molecular complexity index is 345. The molecule has 0 aromatic carbocycles. The molecule has 18 heavy (non-hydrogen) atoms. The molecule has 0 bridgehead atoms. The number of rotatable bonds is 6. The average Bonchev–Trinajstić information content (AvgIpc) is 2.91. The first kappa shape index (κ1) is 13.1. The molecule has 0 spiro atoms. The summed E-state index contributed by atoms with van der Waals surface area (Å²) in [4.78, 5) is 15.5. The third-order valence-electron chi connectivity index (χ3n) is 3.29. The topological polar surface area (TPSA) is 56.2 Å². The van der Waals surface area contributed by atoms with Crippen LogP contribution in [0.1, 0.15) is 25.7 Å². The van der Waals surface area contributed by atoms with Crippen molar-refractivity contribution in [3.05, 3.63) is 18.7 Å². The van der Waals surface area contributed by atoms with Gasteiger partial charge in [-0.25, -0.2) is 4.98 Å². The molecule has 0 radical (unpaired) electrons. The van der Waals surface area contributed by atoms with E-state index in [9.17, 15) is 4.79 Å². The largest absolute Gasteiger partial charge is 0.381 e. The predicted octanol–water partition coefficient (Wildman–Crippen LogP) is 1.21. The minimum Gasteiger partial charge on any atom is -0.381 e. The van der Waals surface area contributed by atoms with E-state index in [1.165, 1.54) is 6.42 Å². The monoisotopic (exact) mass is 251 g/mol. The van der Waals surface area contributed by atoms with E-state index in [1.54, 1.807) is 12.5 Å². The molecule has 1 amide bonds. The Balaban J connectivity index is 1.54. The van der Waals surface area contributed by atoms with E-state index in [-0.39, 0.29) is 5.91 Å². The first-order chi connectivity index (χ1) is 8.84. The zero-order valence-electron chi connectivity index (χ0n) is 10.7. The van der Waals surface area contributed by atoms with Crippen molar-refractivity contribution in [2.45, 2.75) is 32.2 Å². The molecule has 0 unspecified atom stereocenters. The minimum atomic E-state index is 0.112. The van der Waals surface area contributed by atoms with Crippen molar-refractivity contribution in [3.63, 3.8) is 0 Å². The quantitative estimate of drug-likeness (QED) is 0.826. The summed E-state index contributed by atoms with van der Waals surface area (Å²) in [7, 11) is 0. The summed E-state index contributed by atoms with van der Waals surface area (Å²) in [6.45, 7) is 3.20. The zero-order valence-corrected chi connectivity index (χ0v) is 10.7. The summed E-state index contributed by atoms with van der Waals surface area (Å²) in [5.41, 5.74) is 0. The van der Waals surface area contributed by atoms with E-state index in [0.29, 0.717) is 18.9 Å². The lowest BCUT2D eigenvalue weighted by molar-refractivity contribution is -0.121. The van der Waals surface area contributed by atoms with Crippen LogP contribution < -0.4 is 5.32 Å². The maximum Gasteiger partial charge on any atom is 0.221 e. The number of hydrogen-bond acceptors (Lipinski definition) is 3. The van der Waals surface area contributed by atoms with Gasteiger partial charge in [0, 0.05) is 45.1 Å². The highest BCUT2D eigenvalue weighted by atomic mass is 16.5. The Kier molecular flexibility index (Phi) is 5.20. The summed E-state index contributed by atoms with van der Waals surface area (Å²) < 4.78 is 7.32. The normalized spacial score (nSPS) is 19.7. The van der Waals surface area contributed by atoms with Crippen LogP contribution in [0.25, 0.3) is 0 Å². The smallest absolute Gasteiger partial charge is 0.221 e. The number of aryl methyl sites for hydroxylation is 1. The van der Waals surface area contributed by atoms with Gasteiger partial charge in [0.05, 0.1) is 6.33 Å². The van der Waals surface area contributed by atoms with Crippen LogP contribution in [0.5, 0.6) is 0 Å². The van der Waals surface area contributed by atoms with Crippen molar-refractivity contribution >= 4 is 5.91 Å². The minimum absolute atomic E-state index is 0.112. The highest BCUT2D eigenvalue weighted by molar-refractivity contribution is 5.75. The van der Waals surface area contributed by atoms with Crippen LogP contribution in [0.3, 0.4) is 0 Å². The maximum atomic E-state index is 11.6. The number of carbonyl (C=O) groups is 1. The summed E-state index contributed by atoms with van der Waals surface area (Å²) in [5, 5.41) is 2.96. The number of carbonyl (C=O) groups excluding carboxylic acids is 1. The third-order valence-corrected chi connectivity index (χ3v) is 3.29. The Hall–Kier alpha value is -1.36. The lowest BCUT2D eigenvalue weighted by Gasteiger charge is -2.21. The SMILES string of the molecule is O=C(CCn1ccnc1)NCC[C@@H]1CCCOC1. The number of hydrogen-bond donors (Lipinski definition) is 1. The van der Waals surface area contributed by atoms with E-state index < -0.39 is 0 Å². The van der Waals surface area contributed by atoms with Crippen molar-refractivity contribution in [3.8, 4) is 0 Å². The predicted molar refractivity (Wildman–Crippen MR) is 68.0 cm³/mol. The number of nitrogens with one attached hydrogen (secondary N) is 1. The third kappa shape index (κ3) is 4.49. The Labute approximate surface area is 108 Å². The van der Waals surface area contributed by atoms with Gasteiger partial charge in [0.15, 0.2) is 0 Å². The highest BCUT2D eigenvalue weighted by Gasteiger charge is 2.13. The van der Waals surface area contributed by atoms with Gasteiger partial charge >= 0.3 is 0 Å². The number of imidazole rings is 1. The molecule has 1 N–H and O–H groups in total. The first-order valence-electron chi connectivity index (χ1n) is 6.65. The van der Waals surface area contributed by atoms with Crippen LogP contribution in [0.4, 0.5) is 0 Å². The van der Waals surface area contributed by atoms with Crippen LogP contribution in [0.15, 0.2) is 18.7 Å². The lowest BCUT2D eigenvalue weighted by Crippen LogP contribution is -2.28. The standard InChI is InChI=1S/C13H21N3O2/c17-13(4-7-16-8-6-14-11-16)15-5-3-12-2-1-9-18-10-12/h6,8,11-12H,1-5,7,9-10H2,(H,15,17)/t12-/m0/s1. The van der Waals surface area contributed by atoms with Crippen molar-refractivity contribution in [2.24, 2.45) is 5.92 Å². The zero-order chi connectivity index (χ0) is 12.6. The fourth-order valence-electron chi connectivity index (χ4n) is 2.19. The number of ether oxygens (including phenoxy) is 1. The van der Waals surface area contributed by atoms with Crippen molar-refractivity contribution in [1.82, 2.24) is 14.9 Å². The summed E-state index contributed by atoms with van der Waals surface area (Å²) in [6.07, 6.45) is 9.23. The molecule has 1 saturated heterocycles. The molecule has 1 aromatic heterocycles. The van der Waals surface area contributed by atoms with Crippen LogP contribution in [-0.4, -0.2) is 35.2 Å². The summed E-state index contributed by atoms with van der Waals surface area (Å²) in [5.74, 6) is 0.730. The number of aromatic nitrogens is 2. The van der Waals surface area contributed by atoms with Gasteiger partial charge in [-0.05, 0) is 25.2 Å². The number of nitrogens with zero attached hydrogens (tertiary/aromatic N) is 2. The molecule has 0 saturated carbocycles. The van der Waals surface area contributed by atoms with Gasteiger partial charge < -0.3 is 14.6 Å². The van der Waals surface area contributed by atoms with Crippen molar-refractivity contribution in [2.75, 3.05) is 19.8 Å². The van der Waals surface area contributed by atoms with E-state index in [1.807, 2.05) is 10.8 Å². The second kappa shape index (κ2) is 7.16. The first-order valence-corrected chi connectivity index (χ1v) is 6.65. The molecular formula is C13H21N3O2. The molecule has 100 valence electrons. The molecule has 1 aliphatic heterocycles. The van der Waals surface area contributed by atoms with Crippen LogP contribution in [0.2, 0.25) is 0 Å². The molecule has 2 rings (SSSR count). The Morgan fingerprint density at radius 3 is 3.22 bits per heavy atom. The molecule has 1 aromatic rings. The highest BCUT2D eigenvalue weighted by Crippen LogP contribution is 2.16. The van der Waals surface area contributed by atoms with Gasteiger partial charge in [-0.3, -0.25) is 4.79 Å². The molecule has 5 nitrogen and oxygen atoms in total. The fourth-order valence-corrected chi connectivity index (χ4v) is 2.19. The molecule has 0 aliphatic carbocycles. The Morgan fingerprint density at radius 1 is 1.56 bits per heavy atom. The van der Waals surface area contributed by atoms with Gasteiger partial charge in [-0.15, -0.1) is 0 Å².